The Bertz CT molecular complexity index is 786. The molecule has 1 unspecified atom stereocenters. The SMILES string of the molecule is CNC(=O)c1c(NC(=O)CCOc2ccccc2)sc2c1CCC(C)C2. The van der Waals surface area contributed by atoms with Crippen molar-refractivity contribution in [2.75, 3.05) is 19.0 Å². The number of anilines is 1. The Kier molecular flexibility index (Phi) is 5.93. The minimum Gasteiger partial charge on any atom is -0.493 e. The van der Waals surface area contributed by atoms with Crippen molar-refractivity contribution in [1.29, 1.82) is 0 Å². The molecule has 1 aliphatic rings. The number of hydrogen-bond donors (Lipinski definition) is 2. The van der Waals surface area contributed by atoms with Crippen molar-refractivity contribution in [2.45, 2.75) is 32.6 Å². The number of nitrogens with one attached hydrogen (secondary N) is 2. The summed E-state index contributed by atoms with van der Waals surface area (Å²) in [6.45, 7) is 2.52. The maximum Gasteiger partial charge on any atom is 0.254 e. The van der Waals surface area contributed by atoms with Crippen molar-refractivity contribution in [3.8, 4) is 5.75 Å². The monoisotopic (exact) mass is 372 g/mol. The van der Waals surface area contributed by atoms with E-state index < -0.39 is 0 Å². The molecule has 1 heterocycles. The largest absolute Gasteiger partial charge is 0.493 e. The molecule has 0 saturated carbocycles. The van der Waals surface area contributed by atoms with Crippen LogP contribution in [-0.2, 0) is 17.6 Å². The lowest BCUT2D eigenvalue weighted by Gasteiger charge is -2.18. The summed E-state index contributed by atoms with van der Waals surface area (Å²) < 4.78 is 5.57. The quantitative estimate of drug-likeness (QED) is 0.813. The molecule has 0 spiro atoms. The first-order valence-corrected chi connectivity index (χ1v) is 9.74. The van der Waals surface area contributed by atoms with Gasteiger partial charge in [0.2, 0.25) is 5.91 Å². The first kappa shape index (κ1) is 18.5. The van der Waals surface area contributed by atoms with Gasteiger partial charge < -0.3 is 15.4 Å². The lowest BCUT2D eigenvalue weighted by Crippen LogP contribution is -2.23. The molecule has 2 N–H and O–H groups in total. The molecule has 0 aliphatic heterocycles. The van der Waals surface area contributed by atoms with E-state index in [9.17, 15) is 9.59 Å². The van der Waals surface area contributed by atoms with E-state index in [-0.39, 0.29) is 18.2 Å². The minimum absolute atomic E-state index is 0.132. The zero-order valence-electron chi connectivity index (χ0n) is 15.1. The maximum atomic E-state index is 12.3. The standard InChI is InChI=1S/C20H24N2O3S/c1-13-8-9-15-16(12-13)26-20(18(15)19(24)21-2)22-17(23)10-11-25-14-6-4-3-5-7-14/h3-7,13H,8-12H2,1-2H3,(H,21,24)(H,22,23). The van der Waals surface area contributed by atoms with E-state index in [4.69, 9.17) is 4.74 Å². The molecule has 26 heavy (non-hydrogen) atoms. The van der Waals surface area contributed by atoms with Gasteiger partial charge in [-0.2, -0.15) is 0 Å². The van der Waals surface area contributed by atoms with Gasteiger partial charge >= 0.3 is 0 Å². The average Bonchev–Trinajstić information content (AvgIpc) is 2.98. The van der Waals surface area contributed by atoms with Gasteiger partial charge in [0.25, 0.3) is 5.91 Å². The normalized spacial score (nSPS) is 15.8. The van der Waals surface area contributed by atoms with Gasteiger partial charge in [-0.15, -0.1) is 11.3 Å². The Labute approximate surface area is 157 Å². The Morgan fingerprint density at radius 1 is 1.27 bits per heavy atom. The summed E-state index contributed by atoms with van der Waals surface area (Å²) in [5.74, 6) is 1.08. The summed E-state index contributed by atoms with van der Waals surface area (Å²) in [4.78, 5) is 25.9. The molecule has 1 aromatic carbocycles. The predicted octanol–water partition coefficient (Wildman–Crippen LogP) is 3.64. The first-order chi connectivity index (χ1) is 12.6. The number of ether oxygens (including phenoxy) is 1. The third-order valence-electron chi connectivity index (χ3n) is 4.56. The maximum absolute atomic E-state index is 12.3. The summed E-state index contributed by atoms with van der Waals surface area (Å²) in [7, 11) is 1.62. The second-order valence-electron chi connectivity index (χ2n) is 6.59. The fraction of sp³-hybridized carbons (Fsp3) is 0.400. The number of carbonyl (C=O) groups is 2. The number of thiophene rings is 1. The smallest absolute Gasteiger partial charge is 0.254 e. The Morgan fingerprint density at radius 2 is 2.04 bits per heavy atom. The Morgan fingerprint density at radius 3 is 2.77 bits per heavy atom. The summed E-state index contributed by atoms with van der Waals surface area (Å²) in [5.41, 5.74) is 1.74. The molecule has 0 saturated heterocycles. The third-order valence-corrected chi connectivity index (χ3v) is 5.73. The fourth-order valence-corrected chi connectivity index (χ4v) is 4.60. The van der Waals surface area contributed by atoms with E-state index >= 15 is 0 Å². The van der Waals surface area contributed by atoms with Crippen molar-refractivity contribution in [3.05, 3.63) is 46.3 Å². The van der Waals surface area contributed by atoms with E-state index in [1.54, 1.807) is 7.05 Å². The molecule has 2 aromatic rings. The van der Waals surface area contributed by atoms with Gasteiger partial charge in [-0.3, -0.25) is 9.59 Å². The number of carbonyl (C=O) groups excluding carboxylic acids is 2. The third kappa shape index (κ3) is 4.25. The van der Waals surface area contributed by atoms with Gasteiger partial charge in [0.1, 0.15) is 10.8 Å². The van der Waals surface area contributed by atoms with Crippen LogP contribution in [0.3, 0.4) is 0 Å². The number of rotatable bonds is 6. The van der Waals surface area contributed by atoms with E-state index in [2.05, 4.69) is 17.6 Å². The molecule has 1 aromatic heterocycles. The van der Waals surface area contributed by atoms with Crippen LogP contribution in [0.2, 0.25) is 0 Å². The highest BCUT2D eigenvalue weighted by molar-refractivity contribution is 7.17. The molecule has 0 fully saturated rings. The molecule has 1 atom stereocenters. The highest BCUT2D eigenvalue weighted by atomic mass is 32.1. The predicted molar refractivity (Wildman–Crippen MR) is 104 cm³/mol. The molecule has 5 nitrogen and oxygen atoms in total. The van der Waals surface area contributed by atoms with Crippen LogP contribution in [0.1, 0.15) is 40.6 Å². The summed E-state index contributed by atoms with van der Waals surface area (Å²) >= 11 is 1.53. The van der Waals surface area contributed by atoms with Gasteiger partial charge in [-0.25, -0.2) is 0 Å². The van der Waals surface area contributed by atoms with Crippen molar-refractivity contribution >= 4 is 28.2 Å². The number of fused-ring (bicyclic) bond motifs is 1. The van der Waals surface area contributed by atoms with E-state index in [0.717, 1.165) is 30.6 Å². The lowest BCUT2D eigenvalue weighted by atomic mass is 9.88. The zero-order chi connectivity index (χ0) is 18.5. The molecular weight excluding hydrogens is 348 g/mol. The zero-order valence-corrected chi connectivity index (χ0v) is 15.9. The van der Waals surface area contributed by atoms with Crippen LogP contribution in [0, 0.1) is 5.92 Å². The second kappa shape index (κ2) is 8.36. The van der Waals surface area contributed by atoms with Crippen molar-refractivity contribution in [1.82, 2.24) is 5.32 Å². The summed E-state index contributed by atoms with van der Waals surface area (Å²) in [5, 5.41) is 6.28. The van der Waals surface area contributed by atoms with Crippen LogP contribution >= 0.6 is 11.3 Å². The highest BCUT2D eigenvalue weighted by Gasteiger charge is 2.27. The lowest BCUT2D eigenvalue weighted by molar-refractivity contribution is -0.116. The van der Waals surface area contributed by atoms with Gasteiger partial charge in [-0.1, -0.05) is 25.1 Å². The van der Waals surface area contributed by atoms with Gasteiger partial charge in [0.15, 0.2) is 0 Å². The summed E-state index contributed by atoms with van der Waals surface area (Å²) in [6, 6.07) is 9.41. The first-order valence-electron chi connectivity index (χ1n) is 8.92. The molecule has 2 amide bonds. The molecular formula is C20H24N2O3S. The van der Waals surface area contributed by atoms with Crippen LogP contribution in [0.5, 0.6) is 5.75 Å². The topological polar surface area (TPSA) is 67.4 Å². The van der Waals surface area contributed by atoms with E-state index in [0.29, 0.717) is 23.1 Å². The fourth-order valence-electron chi connectivity index (χ4n) is 3.17. The van der Waals surface area contributed by atoms with Gasteiger partial charge in [0, 0.05) is 11.9 Å². The second-order valence-corrected chi connectivity index (χ2v) is 7.70. The highest BCUT2D eigenvalue weighted by Crippen LogP contribution is 2.39. The number of benzene rings is 1. The number of para-hydroxylation sites is 1. The van der Waals surface area contributed by atoms with Crippen LogP contribution in [0.4, 0.5) is 5.00 Å². The molecule has 3 rings (SSSR count). The molecule has 6 heteroatoms. The number of hydrogen-bond acceptors (Lipinski definition) is 4. The number of amides is 2. The molecule has 0 radical (unpaired) electrons. The van der Waals surface area contributed by atoms with Gasteiger partial charge in [0.05, 0.1) is 18.6 Å². The van der Waals surface area contributed by atoms with E-state index in [1.807, 2.05) is 30.3 Å². The average molecular weight is 372 g/mol. The van der Waals surface area contributed by atoms with Crippen LogP contribution in [0.15, 0.2) is 30.3 Å². The van der Waals surface area contributed by atoms with Crippen molar-refractivity contribution < 1.29 is 14.3 Å². The molecule has 138 valence electrons. The molecule has 1 aliphatic carbocycles. The minimum atomic E-state index is -0.141. The summed E-state index contributed by atoms with van der Waals surface area (Å²) in [6.07, 6.45) is 3.17. The van der Waals surface area contributed by atoms with Crippen molar-refractivity contribution in [2.24, 2.45) is 5.92 Å². The van der Waals surface area contributed by atoms with E-state index in [1.165, 1.54) is 16.2 Å². The Hall–Kier alpha value is -2.34. The molecule has 0 bridgehead atoms. The van der Waals surface area contributed by atoms with Crippen LogP contribution in [-0.4, -0.2) is 25.5 Å². The Balaban J connectivity index is 1.66. The van der Waals surface area contributed by atoms with Gasteiger partial charge in [-0.05, 0) is 42.9 Å². The van der Waals surface area contributed by atoms with Crippen LogP contribution in [0.25, 0.3) is 0 Å². The van der Waals surface area contributed by atoms with Crippen LogP contribution < -0.4 is 15.4 Å². The van der Waals surface area contributed by atoms with Crippen molar-refractivity contribution in [3.63, 3.8) is 0 Å².